The van der Waals surface area contributed by atoms with E-state index in [1.807, 2.05) is 6.92 Å². The molecule has 21 heavy (non-hydrogen) atoms. The minimum atomic E-state index is -0.220. The van der Waals surface area contributed by atoms with Gasteiger partial charge >= 0.3 is 0 Å². The summed E-state index contributed by atoms with van der Waals surface area (Å²) in [5, 5.41) is 0. The lowest BCUT2D eigenvalue weighted by atomic mass is 9.83. The molecule has 0 saturated carbocycles. The Morgan fingerprint density at radius 3 is 2.19 bits per heavy atom. The van der Waals surface area contributed by atoms with Gasteiger partial charge in [0.15, 0.2) is 5.78 Å². The van der Waals surface area contributed by atoms with Crippen LogP contribution in [0.1, 0.15) is 48.8 Å². The van der Waals surface area contributed by atoms with Crippen LogP contribution in [0, 0.1) is 6.92 Å². The van der Waals surface area contributed by atoms with Crippen molar-refractivity contribution in [2.24, 2.45) is 0 Å². The number of fused-ring (bicyclic) bond motifs is 2. The third-order valence-electron chi connectivity index (χ3n) is 3.78. The lowest BCUT2D eigenvalue weighted by Crippen LogP contribution is -2.24. The Bertz CT molecular complexity index is 831. The summed E-state index contributed by atoms with van der Waals surface area (Å²) >= 11 is 0. The average molecular weight is 275 g/mol. The molecule has 1 heterocycles. The molecule has 2 aromatic rings. The highest BCUT2D eigenvalue weighted by atomic mass is 16.1. The Hall–Kier alpha value is -2.81. The molecule has 1 aliphatic carbocycles. The normalized spacial score (nSPS) is 12.6. The van der Waals surface area contributed by atoms with Crippen LogP contribution in [0.3, 0.4) is 0 Å². The van der Waals surface area contributed by atoms with E-state index in [1.165, 1.54) is 0 Å². The van der Waals surface area contributed by atoms with Crippen LogP contribution in [0.2, 0.25) is 0 Å². The zero-order valence-electron chi connectivity index (χ0n) is 11.6. The zero-order valence-corrected chi connectivity index (χ0v) is 11.6. The molecular formula is C18H13NO2. The summed E-state index contributed by atoms with van der Waals surface area (Å²) in [6, 6.07) is 6.83. The van der Waals surface area contributed by atoms with Crippen molar-refractivity contribution in [2.75, 3.05) is 0 Å². The van der Waals surface area contributed by atoms with Crippen LogP contribution >= 0.6 is 0 Å². The molecule has 0 fully saturated rings. The van der Waals surface area contributed by atoms with Crippen molar-refractivity contribution in [3.63, 3.8) is 0 Å². The van der Waals surface area contributed by atoms with Crippen LogP contribution in [-0.4, -0.2) is 16.6 Å². The third-order valence-corrected chi connectivity index (χ3v) is 3.78. The van der Waals surface area contributed by atoms with Gasteiger partial charge in [0, 0.05) is 16.7 Å². The predicted molar refractivity (Wildman–Crippen MR) is 82.5 cm³/mol. The Balaban J connectivity index is 2.41. The third kappa shape index (κ3) is 1.71. The van der Waals surface area contributed by atoms with Crippen LogP contribution in [0.5, 0.6) is 0 Å². The van der Waals surface area contributed by atoms with E-state index >= 15 is 0 Å². The van der Waals surface area contributed by atoms with Crippen LogP contribution in [-0.2, 0) is 0 Å². The molecule has 1 aromatic heterocycles. The van der Waals surface area contributed by atoms with E-state index in [9.17, 15) is 9.59 Å². The van der Waals surface area contributed by atoms with Gasteiger partial charge in [-0.1, -0.05) is 43.5 Å². The predicted octanol–water partition coefficient (Wildman–Crippen LogP) is 3.45. The number of rotatable bonds is 2. The SMILES string of the molecule is C=Cc1nc2c(c(C)c1C=C)C(=O)c1ccccc1C2=O. The van der Waals surface area contributed by atoms with E-state index in [0.29, 0.717) is 22.4 Å². The van der Waals surface area contributed by atoms with Crippen molar-refractivity contribution >= 4 is 23.7 Å². The van der Waals surface area contributed by atoms with Gasteiger partial charge in [0.2, 0.25) is 5.78 Å². The molecule has 0 amide bonds. The summed E-state index contributed by atoms with van der Waals surface area (Å²) in [6.07, 6.45) is 3.21. The second-order valence-electron chi connectivity index (χ2n) is 4.87. The van der Waals surface area contributed by atoms with E-state index in [2.05, 4.69) is 18.1 Å². The Labute approximate surface area is 122 Å². The molecule has 1 aliphatic rings. The van der Waals surface area contributed by atoms with Crippen molar-refractivity contribution < 1.29 is 9.59 Å². The number of aromatic nitrogens is 1. The molecule has 1 aromatic carbocycles. The van der Waals surface area contributed by atoms with Crippen molar-refractivity contribution in [3.05, 3.63) is 76.6 Å². The number of pyridine rings is 1. The molecule has 3 rings (SSSR count). The Morgan fingerprint density at radius 2 is 1.62 bits per heavy atom. The number of carbonyl (C=O) groups excluding carboxylic acids is 2. The first-order valence-corrected chi connectivity index (χ1v) is 6.58. The van der Waals surface area contributed by atoms with Gasteiger partial charge < -0.3 is 0 Å². The smallest absolute Gasteiger partial charge is 0.212 e. The fraction of sp³-hybridized carbons (Fsp3) is 0.0556. The standard InChI is InChI=1S/C18H13NO2/c1-4-11-10(3)15-16(19-14(11)5-2)18(21)13-9-7-6-8-12(13)17(15)20/h4-9H,1-2H2,3H3. The first-order chi connectivity index (χ1) is 10.1. The number of nitrogens with zero attached hydrogens (tertiary/aromatic N) is 1. The van der Waals surface area contributed by atoms with Crippen molar-refractivity contribution in [1.82, 2.24) is 4.98 Å². The van der Waals surface area contributed by atoms with E-state index < -0.39 is 0 Å². The summed E-state index contributed by atoms with van der Waals surface area (Å²) in [7, 11) is 0. The molecule has 0 aliphatic heterocycles. The average Bonchev–Trinajstić information content (AvgIpc) is 2.51. The van der Waals surface area contributed by atoms with E-state index in [-0.39, 0.29) is 17.3 Å². The largest absolute Gasteiger partial charge is 0.288 e. The molecule has 0 unspecified atom stereocenters. The van der Waals surface area contributed by atoms with Gasteiger partial charge in [-0.15, -0.1) is 0 Å². The lowest BCUT2D eigenvalue weighted by Gasteiger charge is -2.20. The van der Waals surface area contributed by atoms with E-state index in [1.54, 1.807) is 36.4 Å². The first kappa shape index (κ1) is 13.2. The van der Waals surface area contributed by atoms with Gasteiger partial charge in [-0.05, 0) is 18.6 Å². The summed E-state index contributed by atoms with van der Waals surface area (Å²) in [4.78, 5) is 29.6. The molecule has 0 saturated heterocycles. The molecule has 0 bridgehead atoms. The maximum atomic E-state index is 12.7. The fourth-order valence-corrected chi connectivity index (χ4v) is 2.74. The minimum Gasteiger partial charge on any atom is -0.288 e. The number of carbonyl (C=O) groups is 2. The van der Waals surface area contributed by atoms with Gasteiger partial charge in [-0.3, -0.25) is 9.59 Å². The number of hydrogen-bond acceptors (Lipinski definition) is 3. The van der Waals surface area contributed by atoms with Gasteiger partial charge in [0.25, 0.3) is 0 Å². The van der Waals surface area contributed by atoms with E-state index in [0.717, 1.165) is 11.1 Å². The Morgan fingerprint density at radius 1 is 1.00 bits per heavy atom. The second-order valence-corrected chi connectivity index (χ2v) is 4.87. The molecule has 0 radical (unpaired) electrons. The number of ketones is 2. The summed E-state index contributed by atoms with van der Waals surface area (Å²) in [6.45, 7) is 9.27. The van der Waals surface area contributed by atoms with E-state index in [4.69, 9.17) is 0 Å². The van der Waals surface area contributed by atoms with Crippen molar-refractivity contribution in [2.45, 2.75) is 6.92 Å². The maximum absolute atomic E-state index is 12.7. The monoisotopic (exact) mass is 275 g/mol. The molecule has 0 atom stereocenters. The molecule has 0 N–H and O–H groups in total. The van der Waals surface area contributed by atoms with Gasteiger partial charge in [0.05, 0.1) is 11.3 Å². The quantitative estimate of drug-likeness (QED) is 0.719. The lowest BCUT2D eigenvalue weighted by molar-refractivity contribution is 0.0974. The van der Waals surface area contributed by atoms with Gasteiger partial charge in [0.1, 0.15) is 5.69 Å². The van der Waals surface area contributed by atoms with Crippen LogP contribution in [0.15, 0.2) is 37.4 Å². The fourth-order valence-electron chi connectivity index (χ4n) is 2.74. The first-order valence-electron chi connectivity index (χ1n) is 6.58. The molecule has 3 nitrogen and oxygen atoms in total. The Kier molecular flexibility index (Phi) is 2.91. The molecule has 0 spiro atoms. The van der Waals surface area contributed by atoms with Gasteiger partial charge in [-0.2, -0.15) is 0 Å². The summed E-state index contributed by atoms with van der Waals surface area (Å²) < 4.78 is 0. The summed E-state index contributed by atoms with van der Waals surface area (Å²) in [5.74, 6) is -0.383. The van der Waals surface area contributed by atoms with Crippen molar-refractivity contribution in [3.8, 4) is 0 Å². The second kappa shape index (κ2) is 4.63. The summed E-state index contributed by atoms with van der Waals surface area (Å²) in [5.41, 5.74) is 3.45. The topological polar surface area (TPSA) is 47.0 Å². The highest BCUT2D eigenvalue weighted by Crippen LogP contribution is 2.31. The highest BCUT2D eigenvalue weighted by molar-refractivity contribution is 6.28. The molecular weight excluding hydrogens is 262 g/mol. The number of benzene rings is 1. The van der Waals surface area contributed by atoms with Crippen LogP contribution < -0.4 is 0 Å². The van der Waals surface area contributed by atoms with Crippen LogP contribution in [0.25, 0.3) is 12.2 Å². The highest BCUT2D eigenvalue weighted by Gasteiger charge is 2.33. The maximum Gasteiger partial charge on any atom is 0.212 e. The molecule has 102 valence electrons. The van der Waals surface area contributed by atoms with Crippen LogP contribution in [0.4, 0.5) is 0 Å². The number of hydrogen-bond donors (Lipinski definition) is 0. The van der Waals surface area contributed by atoms with Gasteiger partial charge in [-0.25, -0.2) is 4.98 Å². The zero-order chi connectivity index (χ0) is 15.1. The molecule has 3 heteroatoms. The minimum absolute atomic E-state index is 0.163. The van der Waals surface area contributed by atoms with Crippen molar-refractivity contribution in [1.29, 1.82) is 0 Å².